The standard InChI is InChI=1S/C20H18ClN3O4/c1-2-11-22-18(25)12-27-17-6-4-3-5-16(17)20-23-19(28-24-20)13-26-15-9-7-14(21)8-10-15/h2-10H,1,11-13H2,(H,22,25). The number of halogens is 1. The number of carbonyl (C=O) groups is 1. The van der Waals surface area contributed by atoms with Gasteiger partial charge in [0.25, 0.3) is 11.8 Å². The topological polar surface area (TPSA) is 86.5 Å². The zero-order valence-electron chi connectivity index (χ0n) is 14.9. The quantitative estimate of drug-likeness (QED) is 0.553. The molecule has 2 aromatic carbocycles. The van der Waals surface area contributed by atoms with Crippen molar-refractivity contribution in [3.05, 3.63) is 72.1 Å². The van der Waals surface area contributed by atoms with Gasteiger partial charge in [0.05, 0.1) is 5.56 Å². The normalized spacial score (nSPS) is 10.3. The van der Waals surface area contributed by atoms with Crippen molar-refractivity contribution in [3.63, 3.8) is 0 Å². The highest BCUT2D eigenvalue weighted by Gasteiger charge is 2.14. The van der Waals surface area contributed by atoms with Crippen LogP contribution in [0.4, 0.5) is 0 Å². The van der Waals surface area contributed by atoms with Crippen LogP contribution in [0.2, 0.25) is 5.02 Å². The van der Waals surface area contributed by atoms with Crippen molar-refractivity contribution in [1.82, 2.24) is 15.5 Å². The molecule has 1 aromatic heterocycles. The molecule has 1 amide bonds. The molecule has 0 aliphatic carbocycles. The molecule has 0 saturated heterocycles. The molecule has 3 aromatic rings. The fraction of sp³-hybridized carbons (Fsp3) is 0.150. The van der Waals surface area contributed by atoms with E-state index >= 15 is 0 Å². The minimum absolute atomic E-state index is 0.113. The smallest absolute Gasteiger partial charge is 0.264 e. The highest BCUT2D eigenvalue weighted by molar-refractivity contribution is 6.30. The van der Waals surface area contributed by atoms with Gasteiger partial charge in [-0.3, -0.25) is 4.79 Å². The summed E-state index contributed by atoms with van der Waals surface area (Å²) < 4.78 is 16.4. The van der Waals surface area contributed by atoms with E-state index < -0.39 is 0 Å². The molecule has 28 heavy (non-hydrogen) atoms. The molecule has 1 heterocycles. The summed E-state index contributed by atoms with van der Waals surface area (Å²) in [5.74, 6) is 1.51. The minimum Gasteiger partial charge on any atom is -0.484 e. The van der Waals surface area contributed by atoms with Gasteiger partial charge in [-0.05, 0) is 36.4 Å². The Morgan fingerprint density at radius 1 is 1.18 bits per heavy atom. The van der Waals surface area contributed by atoms with E-state index in [0.717, 1.165) is 0 Å². The number of carbonyl (C=O) groups excluding carboxylic acids is 1. The Labute approximate surface area is 166 Å². The first-order chi connectivity index (χ1) is 13.7. The molecule has 144 valence electrons. The summed E-state index contributed by atoms with van der Waals surface area (Å²) in [5.41, 5.74) is 0.612. The molecule has 0 radical (unpaired) electrons. The molecule has 0 fully saturated rings. The molecule has 1 N–H and O–H groups in total. The maximum absolute atomic E-state index is 11.7. The van der Waals surface area contributed by atoms with Crippen LogP contribution in [0, 0.1) is 0 Å². The third kappa shape index (κ3) is 5.34. The van der Waals surface area contributed by atoms with Gasteiger partial charge < -0.3 is 19.3 Å². The van der Waals surface area contributed by atoms with Gasteiger partial charge in [0, 0.05) is 11.6 Å². The summed E-state index contributed by atoms with van der Waals surface area (Å²) in [6.45, 7) is 3.91. The molecule has 0 spiro atoms. The van der Waals surface area contributed by atoms with Gasteiger partial charge in [0.2, 0.25) is 5.82 Å². The van der Waals surface area contributed by atoms with Gasteiger partial charge in [-0.2, -0.15) is 4.98 Å². The number of hydrogen-bond acceptors (Lipinski definition) is 6. The fourth-order valence-electron chi connectivity index (χ4n) is 2.26. The zero-order chi connectivity index (χ0) is 19.8. The van der Waals surface area contributed by atoms with Crippen LogP contribution in [-0.2, 0) is 11.4 Å². The van der Waals surface area contributed by atoms with Gasteiger partial charge in [-0.1, -0.05) is 35.0 Å². The monoisotopic (exact) mass is 399 g/mol. The van der Waals surface area contributed by atoms with E-state index in [-0.39, 0.29) is 19.1 Å². The van der Waals surface area contributed by atoms with Gasteiger partial charge >= 0.3 is 0 Å². The molecule has 0 bridgehead atoms. The first kappa shape index (κ1) is 19.4. The molecular weight excluding hydrogens is 382 g/mol. The van der Waals surface area contributed by atoms with Crippen molar-refractivity contribution < 1.29 is 18.8 Å². The van der Waals surface area contributed by atoms with Crippen molar-refractivity contribution in [1.29, 1.82) is 0 Å². The lowest BCUT2D eigenvalue weighted by Gasteiger charge is -2.09. The summed E-state index contributed by atoms with van der Waals surface area (Å²) in [6, 6.07) is 14.1. The number of benzene rings is 2. The van der Waals surface area contributed by atoms with Crippen LogP contribution < -0.4 is 14.8 Å². The highest BCUT2D eigenvalue weighted by Crippen LogP contribution is 2.27. The maximum Gasteiger partial charge on any atom is 0.264 e. The SMILES string of the molecule is C=CCNC(=O)COc1ccccc1-c1noc(COc2ccc(Cl)cc2)n1. The molecule has 0 atom stereocenters. The number of nitrogens with zero attached hydrogens (tertiary/aromatic N) is 2. The zero-order valence-corrected chi connectivity index (χ0v) is 15.7. The van der Waals surface area contributed by atoms with Crippen molar-refractivity contribution in [2.45, 2.75) is 6.61 Å². The van der Waals surface area contributed by atoms with Crippen molar-refractivity contribution in [2.75, 3.05) is 13.2 Å². The second kappa shape index (κ2) is 9.57. The molecule has 0 aliphatic heterocycles. The van der Waals surface area contributed by atoms with Gasteiger partial charge in [-0.25, -0.2) is 0 Å². The summed E-state index contributed by atoms with van der Waals surface area (Å²) in [7, 11) is 0. The Balaban J connectivity index is 1.64. The second-order valence-electron chi connectivity index (χ2n) is 5.63. The first-order valence-electron chi connectivity index (χ1n) is 8.46. The molecule has 7 nitrogen and oxygen atoms in total. The van der Waals surface area contributed by atoms with E-state index in [1.807, 2.05) is 6.07 Å². The predicted octanol–water partition coefficient (Wildman–Crippen LogP) is 3.65. The number of para-hydroxylation sites is 1. The van der Waals surface area contributed by atoms with Crippen LogP contribution in [0.25, 0.3) is 11.4 Å². The van der Waals surface area contributed by atoms with Crippen LogP contribution in [0.15, 0.2) is 65.7 Å². The van der Waals surface area contributed by atoms with Gasteiger partial charge in [0.1, 0.15) is 11.5 Å². The van der Waals surface area contributed by atoms with Crippen molar-refractivity contribution in [3.8, 4) is 22.9 Å². The lowest BCUT2D eigenvalue weighted by molar-refractivity contribution is -0.122. The Morgan fingerprint density at radius 3 is 2.75 bits per heavy atom. The second-order valence-corrected chi connectivity index (χ2v) is 6.07. The minimum atomic E-state index is -0.250. The maximum atomic E-state index is 11.7. The summed E-state index contributed by atoms with van der Waals surface area (Å²) in [6.07, 6.45) is 1.60. The van der Waals surface area contributed by atoms with Gasteiger partial charge in [-0.15, -0.1) is 6.58 Å². The Hall–Kier alpha value is -3.32. The predicted molar refractivity (Wildman–Crippen MR) is 104 cm³/mol. The van der Waals surface area contributed by atoms with E-state index in [9.17, 15) is 4.79 Å². The van der Waals surface area contributed by atoms with E-state index in [0.29, 0.717) is 40.3 Å². The number of aromatic nitrogens is 2. The van der Waals surface area contributed by atoms with E-state index in [1.54, 1.807) is 48.5 Å². The van der Waals surface area contributed by atoms with Crippen LogP contribution in [0.1, 0.15) is 5.89 Å². The highest BCUT2D eigenvalue weighted by atomic mass is 35.5. The average Bonchev–Trinajstić information content (AvgIpc) is 3.19. The third-order valence-corrected chi connectivity index (χ3v) is 3.83. The molecule has 0 saturated carbocycles. The molecule has 3 rings (SSSR count). The number of ether oxygens (including phenoxy) is 2. The van der Waals surface area contributed by atoms with E-state index in [1.165, 1.54) is 0 Å². The number of amides is 1. The Morgan fingerprint density at radius 2 is 1.96 bits per heavy atom. The Bertz CT molecular complexity index is 941. The molecule has 0 unspecified atom stereocenters. The van der Waals surface area contributed by atoms with Crippen LogP contribution in [0.3, 0.4) is 0 Å². The number of nitrogens with one attached hydrogen (secondary N) is 1. The lowest BCUT2D eigenvalue weighted by atomic mass is 10.2. The summed E-state index contributed by atoms with van der Waals surface area (Å²) >= 11 is 5.85. The Kier molecular flexibility index (Phi) is 6.64. The van der Waals surface area contributed by atoms with Gasteiger partial charge in [0.15, 0.2) is 13.2 Å². The largest absolute Gasteiger partial charge is 0.484 e. The van der Waals surface area contributed by atoms with Crippen LogP contribution >= 0.6 is 11.6 Å². The third-order valence-electron chi connectivity index (χ3n) is 3.57. The summed E-state index contributed by atoms with van der Waals surface area (Å²) in [4.78, 5) is 16.0. The van der Waals surface area contributed by atoms with E-state index in [2.05, 4.69) is 22.0 Å². The average molecular weight is 400 g/mol. The number of rotatable bonds is 9. The van der Waals surface area contributed by atoms with Crippen LogP contribution in [-0.4, -0.2) is 29.2 Å². The number of hydrogen-bond donors (Lipinski definition) is 1. The van der Waals surface area contributed by atoms with Crippen molar-refractivity contribution >= 4 is 17.5 Å². The molecular formula is C20H18ClN3O4. The van der Waals surface area contributed by atoms with Crippen LogP contribution in [0.5, 0.6) is 11.5 Å². The molecule has 8 heteroatoms. The van der Waals surface area contributed by atoms with Crippen molar-refractivity contribution in [2.24, 2.45) is 0 Å². The van der Waals surface area contributed by atoms with E-state index in [4.69, 9.17) is 25.6 Å². The lowest BCUT2D eigenvalue weighted by Crippen LogP contribution is -2.28. The first-order valence-corrected chi connectivity index (χ1v) is 8.84. The fourth-order valence-corrected chi connectivity index (χ4v) is 2.38. The summed E-state index contributed by atoms with van der Waals surface area (Å²) in [5, 5.41) is 7.24. The molecule has 0 aliphatic rings.